The molecule has 0 aromatic heterocycles. The van der Waals surface area contributed by atoms with Crippen molar-refractivity contribution >= 4 is 18.9 Å². The molecule has 0 saturated carbocycles. The predicted molar refractivity (Wildman–Crippen MR) is 51.3 cm³/mol. The van der Waals surface area contributed by atoms with E-state index in [0.29, 0.717) is 12.1 Å². The van der Waals surface area contributed by atoms with Gasteiger partial charge in [0.05, 0.1) is 0 Å². The van der Waals surface area contributed by atoms with E-state index in [4.69, 9.17) is 0 Å². The van der Waals surface area contributed by atoms with Crippen molar-refractivity contribution in [2.75, 3.05) is 6.54 Å². The minimum atomic E-state index is 0. The molecule has 11 heavy (non-hydrogen) atoms. The monoisotopic (exact) mass is 150 g/mol. The third-order valence-electron chi connectivity index (χ3n) is 2.23. The fraction of sp³-hybridized carbons (Fsp3) is 1.00. The first-order valence-electron chi connectivity index (χ1n) is 4.02. The number of hydrogen-bond donors (Lipinski definition) is 2. The van der Waals surface area contributed by atoms with Crippen LogP contribution in [0, 0.1) is 0 Å². The Morgan fingerprint density at radius 2 is 1.73 bits per heavy atom. The average molecular weight is 150 g/mol. The van der Waals surface area contributed by atoms with E-state index in [1.807, 2.05) is 0 Å². The van der Waals surface area contributed by atoms with Crippen LogP contribution in [-0.2, 0) is 0 Å². The van der Waals surface area contributed by atoms with Crippen LogP contribution >= 0.6 is 0 Å². The fourth-order valence-electron chi connectivity index (χ4n) is 1.39. The Balaban J connectivity index is 0.000001000. The second-order valence-corrected chi connectivity index (χ2v) is 3.99. The molecule has 1 aliphatic heterocycles. The zero-order valence-corrected chi connectivity index (χ0v) is 7.36. The zero-order chi connectivity index (χ0) is 7.78. The van der Waals surface area contributed by atoms with Gasteiger partial charge in [-0.25, -0.2) is 0 Å². The van der Waals surface area contributed by atoms with E-state index >= 15 is 0 Å². The van der Waals surface area contributed by atoms with Crippen LogP contribution in [0.15, 0.2) is 0 Å². The summed E-state index contributed by atoms with van der Waals surface area (Å²) < 4.78 is 0. The van der Waals surface area contributed by atoms with Crippen molar-refractivity contribution in [1.29, 1.82) is 0 Å². The number of piperazine rings is 1. The summed E-state index contributed by atoms with van der Waals surface area (Å²) in [4.78, 5) is 0. The molecule has 0 radical (unpaired) electrons. The van der Waals surface area contributed by atoms with E-state index in [9.17, 15) is 0 Å². The molecular formula is C8H19LiN2. The third kappa shape index (κ3) is 3.17. The van der Waals surface area contributed by atoms with Gasteiger partial charge in [-0.05, 0) is 27.7 Å². The fourth-order valence-corrected chi connectivity index (χ4v) is 1.39. The zero-order valence-electron chi connectivity index (χ0n) is 7.36. The Bertz CT molecular complexity index is 125. The first kappa shape index (κ1) is 11.5. The van der Waals surface area contributed by atoms with Gasteiger partial charge in [-0.15, -0.1) is 0 Å². The van der Waals surface area contributed by atoms with Gasteiger partial charge in [-0.3, -0.25) is 0 Å². The van der Waals surface area contributed by atoms with Gasteiger partial charge in [0.15, 0.2) is 0 Å². The molecule has 2 nitrogen and oxygen atoms in total. The van der Waals surface area contributed by atoms with E-state index < -0.39 is 0 Å². The first-order chi connectivity index (χ1) is 4.51. The van der Waals surface area contributed by atoms with Gasteiger partial charge in [0.25, 0.3) is 0 Å². The molecule has 62 valence electrons. The van der Waals surface area contributed by atoms with Gasteiger partial charge < -0.3 is 10.6 Å². The Labute approximate surface area is 81.7 Å². The standard InChI is InChI=1S/C8H18N2.Li.H/c1-6-7(2)10-8(3,4)5-9-6;;/h6-7,9-10H,5H2,1-4H3;;. The molecule has 0 amide bonds. The van der Waals surface area contributed by atoms with Crippen molar-refractivity contribution < 1.29 is 0 Å². The second-order valence-electron chi connectivity index (χ2n) is 3.99. The Hall–Kier alpha value is 0.517. The summed E-state index contributed by atoms with van der Waals surface area (Å²) in [5.41, 5.74) is 0.270. The van der Waals surface area contributed by atoms with E-state index in [1.54, 1.807) is 0 Å². The van der Waals surface area contributed by atoms with E-state index in [2.05, 4.69) is 38.3 Å². The van der Waals surface area contributed by atoms with E-state index in [-0.39, 0.29) is 24.4 Å². The summed E-state index contributed by atoms with van der Waals surface area (Å²) in [5, 5.41) is 7.00. The van der Waals surface area contributed by atoms with Crippen molar-refractivity contribution in [2.45, 2.75) is 45.3 Å². The molecule has 2 N–H and O–H groups in total. The van der Waals surface area contributed by atoms with Gasteiger partial charge >= 0.3 is 18.9 Å². The number of hydrogen-bond acceptors (Lipinski definition) is 2. The molecule has 1 rings (SSSR count). The summed E-state index contributed by atoms with van der Waals surface area (Å²) in [6.07, 6.45) is 0. The van der Waals surface area contributed by atoms with Crippen molar-refractivity contribution in [3.05, 3.63) is 0 Å². The molecule has 1 saturated heterocycles. The minimum absolute atomic E-state index is 0. The summed E-state index contributed by atoms with van der Waals surface area (Å²) in [6.45, 7) is 9.95. The van der Waals surface area contributed by atoms with Crippen molar-refractivity contribution in [1.82, 2.24) is 10.6 Å². The van der Waals surface area contributed by atoms with Crippen LogP contribution in [0.2, 0.25) is 0 Å². The van der Waals surface area contributed by atoms with Crippen LogP contribution in [0.1, 0.15) is 27.7 Å². The molecule has 0 aromatic rings. The van der Waals surface area contributed by atoms with E-state index in [1.165, 1.54) is 0 Å². The Morgan fingerprint density at radius 3 is 2.09 bits per heavy atom. The molecular weight excluding hydrogens is 131 g/mol. The van der Waals surface area contributed by atoms with Gasteiger partial charge in [0.1, 0.15) is 0 Å². The Kier molecular flexibility index (Phi) is 4.14. The normalized spacial score (nSPS) is 36.0. The van der Waals surface area contributed by atoms with Crippen LogP contribution < -0.4 is 10.6 Å². The number of nitrogens with one attached hydrogen (secondary N) is 2. The Morgan fingerprint density at radius 1 is 1.18 bits per heavy atom. The van der Waals surface area contributed by atoms with Crippen LogP contribution in [0.25, 0.3) is 0 Å². The SMILES string of the molecule is CC1NCC(C)(C)NC1C.[LiH]. The van der Waals surface area contributed by atoms with Crippen LogP contribution in [0.5, 0.6) is 0 Å². The van der Waals surface area contributed by atoms with Crippen molar-refractivity contribution in [2.24, 2.45) is 0 Å². The first-order valence-corrected chi connectivity index (χ1v) is 4.02. The van der Waals surface area contributed by atoms with Crippen LogP contribution in [-0.4, -0.2) is 43.0 Å². The summed E-state index contributed by atoms with van der Waals surface area (Å²) >= 11 is 0. The molecule has 1 aliphatic rings. The molecule has 0 aromatic carbocycles. The molecule has 2 unspecified atom stereocenters. The van der Waals surface area contributed by atoms with Gasteiger partial charge in [-0.1, -0.05) is 0 Å². The maximum atomic E-state index is 3.54. The van der Waals surface area contributed by atoms with Crippen molar-refractivity contribution in [3.8, 4) is 0 Å². The molecule has 2 atom stereocenters. The summed E-state index contributed by atoms with van der Waals surface area (Å²) in [7, 11) is 0. The van der Waals surface area contributed by atoms with Gasteiger partial charge in [0.2, 0.25) is 0 Å². The van der Waals surface area contributed by atoms with Crippen molar-refractivity contribution in [3.63, 3.8) is 0 Å². The molecule has 0 aliphatic carbocycles. The summed E-state index contributed by atoms with van der Waals surface area (Å²) in [6, 6.07) is 1.19. The van der Waals surface area contributed by atoms with Gasteiger partial charge in [-0.2, -0.15) is 0 Å². The maximum absolute atomic E-state index is 3.54. The van der Waals surface area contributed by atoms with E-state index in [0.717, 1.165) is 6.54 Å². The summed E-state index contributed by atoms with van der Waals surface area (Å²) in [5.74, 6) is 0. The third-order valence-corrected chi connectivity index (χ3v) is 2.23. The molecule has 3 heteroatoms. The van der Waals surface area contributed by atoms with Crippen LogP contribution in [0.3, 0.4) is 0 Å². The second kappa shape index (κ2) is 3.96. The molecule has 1 heterocycles. The molecule has 0 spiro atoms. The molecule has 1 fully saturated rings. The van der Waals surface area contributed by atoms with Gasteiger partial charge in [0, 0.05) is 24.2 Å². The topological polar surface area (TPSA) is 24.1 Å². The predicted octanol–water partition coefficient (Wildman–Crippen LogP) is 0.0863. The number of rotatable bonds is 0. The van der Waals surface area contributed by atoms with Crippen LogP contribution in [0.4, 0.5) is 0 Å². The molecule has 0 bridgehead atoms. The quantitative estimate of drug-likeness (QED) is 0.478. The average Bonchev–Trinajstić information content (AvgIpc) is 1.79.